The first-order chi connectivity index (χ1) is 11.8. The predicted molar refractivity (Wildman–Crippen MR) is 107 cm³/mol. The SMILES string of the molecule is Cl.Cl.O=C1CC(CNc2ncnc3c2CCNCC3)CN1C1CCCC1. The molecule has 0 spiro atoms. The Bertz CT molecular complexity index is 609. The average Bonchev–Trinajstić information content (AvgIpc) is 3.16. The highest BCUT2D eigenvalue weighted by atomic mass is 35.5. The number of amides is 1. The maximum absolute atomic E-state index is 12.3. The van der Waals surface area contributed by atoms with E-state index in [1.54, 1.807) is 6.33 Å². The van der Waals surface area contributed by atoms with Crippen LogP contribution in [0.4, 0.5) is 5.82 Å². The first kappa shape index (κ1) is 21.2. The Hall–Kier alpha value is -1.11. The number of aromatic nitrogens is 2. The number of fused-ring (bicyclic) bond motifs is 1. The molecular formula is C18H29Cl2N5O. The molecule has 1 aromatic heterocycles. The van der Waals surface area contributed by atoms with E-state index in [9.17, 15) is 4.79 Å². The summed E-state index contributed by atoms with van der Waals surface area (Å²) in [7, 11) is 0. The largest absolute Gasteiger partial charge is 0.369 e. The van der Waals surface area contributed by atoms with Crippen LogP contribution in [0.2, 0.25) is 0 Å². The van der Waals surface area contributed by atoms with Crippen molar-refractivity contribution in [1.82, 2.24) is 20.2 Å². The van der Waals surface area contributed by atoms with Crippen LogP contribution in [-0.4, -0.2) is 53.0 Å². The van der Waals surface area contributed by atoms with Crippen LogP contribution in [-0.2, 0) is 17.6 Å². The van der Waals surface area contributed by atoms with Crippen LogP contribution in [0.25, 0.3) is 0 Å². The minimum Gasteiger partial charge on any atom is -0.369 e. The van der Waals surface area contributed by atoms with E-state index in [0.29, 0.717) is 24.3 Å². The molecule has 1 saturated heterocycles. The maximum Gasteiger partial charge on any atom is 0.223 e. The molecule has 2 N–H and O–H groups in total. The van der Waals surface area contributed by atoms with Gasteiger partial charge in [0.15, 0.2) is 0 Å². The van der Waals surface area contributed by atoms with Gasteiger partial charge in [0.25, 0.3) is 0 Å². The first-order valence-electron chi connectivity index (χ1n) is 9.38. The highest BCUT2D eigenvalue weighted by molar-refractivity contribution is 5.85. The van der Waals surface area contributed by atoms with Crippen LogP contribution < -0.4 is 10.6 Å². The lowest BCUT2D eigenvalue weighted by Crippen LogP contribution is -2.35. The summed E-state index contributed by atoms with van der Waals surface area (Å²) in [5.74, 6) is 1.71. The molecule has 1 aliphatic carbocycles. The van der Waals surface area contributed by atoms with Crippen molar-refractivity contribution in [2.24, 2.45) is 5.92 Å². The summed E-state index contributed by atoms with van der Waals surface area (Å²) < 4.78 is 0. The molecule has 0 bridgehead atoms. The van der Waals surface area contributed by atoms with Crippen molar-refractivity contribution in [3.8, 4) is 0 Å². The molecule has 6 nitrogen and oxygen atoms in total. The summed E-state index contributed by atoms with van der Waals surface area (Å²) in [6.45, 7) is 3.69. The number of carbonyl (C=O) groups is 1. The van der Waals surface area contributed by atoms with Crippen molar-refractivity contribution in [2.75, 3.05) is 31.5 Å². The lowest BCUT2D eigenvalue weighted by molar-refractivity contribution is -0.129. The molecule has 1 saturated carbocycles. The summed E-state index contributed by atoms with van der Waals surface area (Å²) in [4.78, 5) is 23.4. The van der Waals surface area contributed by atoms with Gasteiger partial charge < -0.3 is 15.5 Å². The van der Waals surface area contributed by atoms with Gasteiger partial charge in [0.2, 0.25) is 5.91 Å². The molecule has 0 aromatic carbocycles. The normalized spacial score (nSPS) is 23.0. The minimum absolute atomic E-state index is 0. The zero-order valence-corrected chi connectivity index (χ0v) is 16.7. The second-order valence-corrected chi connectivity index (χ2v) is 7.33. The highest BCUT2D eigenvalue weighted by Crippen LogP contribution is 2.29. The van der Waals surface area contributed by atoms with Crippen molar-refractivity contribution in [3.63, 3.8) is 0 Å². The molecule has 1 unspecified atom stereocenters. The fourth-order valence-corrected chi connectivity index (χ4v) is 4.38. The summed E-state index contributed by atoms with van der Waals surface area (Å²) in [5.41, 5.74) is 2.41. The molecular weight excluding hydrogens is 373 g/mol. The lowest BCUT2D eigenvalue weighted by atomic mass is 10.1. The number of carbonyl (C=O) groups excluding carboxylic acids is 1. The van der Waals surface area contributed by atoms with Gasteiger partial charge in [-0.1, -0.05) is 12.8 Å². The van der Waals surface area contributed by atoms with Gasteiger partial charge in [-0.15, -0.1) is 24.8 Å². The van der Waals surface area contributed by atoms with Gasteiger partial charge in [-0.25, -0.2) is 9.97 Å². The number of halogens is 2. The maximum atomic E-state index is 12.3. The van der Waals surface area contributed by atoms with E-state index in [0.717, 1.165) is 50.5 Å². The number of rotatable bonds is 4. The highest BCUT2D eigenvalue weighted by Gasteiger charge is 2.35. The number of anilines is 1. The van der Waals surface area contributed by atoms with Gasteiger partial charge >= 0.3 is 0 Å². The van der Waals surface area contributed by atoms with Gasteiger partial charge in [0, 0.05) is 50.0 Å². The Morgan fingerprint density at radius 1 is 1.15 bits per heavy atom. The molecule has 3 heterocycles. The minimum atomic E-state index is 0. The molecule has 26 heavy (non-hydrogen) atoms. The molecule has 1 amide bonds. The van der Waals surface area contributed by atoms with Crippen LogP contribution in [0.3, 0.4) is 0 Å². The number of hydrogen-bond acceptors (Lipinski definition) is 5. The lowest BCUT2D eigenvalue weighted by Gasteiger charge is -2.24. The van der Waals surface area contributed by atoms with Crippen molar-refractivity contribution in [3.05, 3.63) is 17.6 Å². The Morgan fingerprint density at radius 2 is 1.92 bits per heavy atom. The number of hydrogen-bond donors (Lipinski definition) is 2. The fraction of sp³-hybridized carbons (Fsp3) is 0.722. The third-order valence-corrected chi connectivity index (χ3v) is 5.69. The zero-order valence-electron chi connectivity index (χ0n) is 15.1. The van der Waals surface area contributed by atoms with E-state index < -0.39 is 0 Å². The van der Waals surface area contributed by atoms with E-state index in [2.05, 4.69) is 25.5 Å². The molecule has 146 valence electrons. The summed E-state index contributed by atoms with van der Waals surface area (Å²) >= 11 is 0. The Morgan fingerprint density at radius 3 is 2.73 bits per heavy atom. The van der Waals surface area contributed by atoms with Crippen LogP contribution >= 0.6 is 24.8 Å². The number of likely N-dealkylation sites (tertiary alicyclic amines) is 1. The quantitative estimate of drug-likeness (QED) is 0.808. The standard InChI is InChI=1S/C18H27N5O.2ClH/c24-17-9-13(11-23(17)14-3-1-2-4-14)10-20-18-15-5-7-19-8-6-16(15)21-12-22-18;;/h12-14,19H,1-11H2,(H,20,21,22);2*1H. The number of nitrogens with one attached hydrogen (secondary N) is 2. The summed E-state index contributed by atoms with van der Waals surface area (Å²) in [5, 5.41) is 6.93. The molecule has 2 aliphatic heterocycles. The Balaban J connectivity index is 0.00000121. The van der Waals surface area contributed by atoms with Crippen LogP contribution in [0.15, 0.2) is 6.33 Å². The number of nitrogens with zero attached hydrogens (tertiary/aromatic N) is 3. The van der Waals surface area contributed by atoms with Crippen LogP contribution in [0.1, 0.15) is 43.4 Å². The monoisotopic (exact) mass is 401 g/mol. The third-order valence-electron chi connectivity index (χ3n) is 5.69. The van der Waals surface area contributed by atoms with Gasteiger partial charge in [0.05, 0.1) is 5.69 Å². The van der Waals surface area contributed by atoms with Crippen molar-refractivity contribution < 1.29 is 4.79 Å². The smallest absolute Gasteiger partial charge is 0.223 e. The van der Waals surface area contributed by atoms with Crippen molar-refractivity contribution in [1.29, 1.82) is 0 Å². The van der Waals surface area contributed by atoms with Crippen molar-refractivity contribution >= 4 is 36.5 Å². The molecule has 2 fully saturated rings. The van der Waals surface area contributed by atoms with Crippen molar-refractivity contribution in [2.45, 2.75) is 51.0 Å². The van der Waals surface area contributed by atoms with Gasteiger partial charge in [0.1, 0.15) is 12.1 Å². The predicted octanol–water partition coefficient (Wildman–Crippen LogP) is 2.21. The molecule has 1 aromatic rings. The van der Waals surface area contributed by atoms with Crippen LogP contribution in [0, 0.1) is 5.92 Å². The molecule has 3 aliphatic rings. The molecule has 4 rings (SSSR count). The van der Waals surface area contributed by atoms with E-state index in [1.807, 2.05) is 0 Å². The summed E-state index contributed by atoms with van der Waals surface area (Å²) in [6.07, 6.45) is 9.21. The Kier molecular flexibility index (Phi) is 7.92. The van der Waals surface area contributed by atoms with E-state index in [-0.39, 0.29) is 24.8 Å². The summed E-state index contributed by atoms with van der Waals surface area (Å²) in [6, 6.07) is 0.504. The third kappa shape index (κ3) is 4.59. The molecule has 8 heteroatoms. The van der Waals surface area contributed by atoms with E-state index in [1.165, 1.54) is 31.2 Å². The second kappa shape index (κ2) is 9.72. The molecule has 0 radical (unpaired) electrons. The van der Waals surface area contributed by atoms with E-state index in [4.69, 9.17) is 0 Å². The van der Waals surface area contributed by atoms with Gasteiger partial charge in [-0.3, -0.25) is 4.79 Å². The van der Waals surface area contributed by atoms with Gasteiger partial charge in [-0.05, 0) is 25.8 Å². The Labute approximate surface area is 167 Å². The topological polar surface area (TPSA) is 70.1 Å². The molecule has 1 atom stereocenters. The van der Waals surface area contributed by atoms with Gasteiger partial charge in [-0.2, -0.15) is 0 Å². The van der Waals surface area contributed by atoms with Crippen LogP contribution in [0.5, 0.6) is 0 Å². The first-order valence-corrected chi connectivity index (χ1v) is 9.38. The average molecular weight is 402 g/mol. The second-order valence-electron chi connectivity index (χ2n) is 7.33. The fourth-order valence-electron chi connectivity index (χ4n) is 4.38. The zero-order chi connectivity index (χ0) is 16.4. The van der Waals surface area contributed by atoms with E-state index >= 15 is 0 Å².